The first-order valence-corrected chi connectivity index (χ1v) is 6.47. The van der Waals surface area contributed by atoms with Gasteiger partial charge < -0.3 is 14.8 Å². The number of nitrogens with one attached hydrogen (secondary N) is 1. The number of esters is 1. The molecule has 1 aliphatic carbocycles. The van der Waals surface area contributed by atoms with Gasteiger partial charge in [0, 0.05) is 6.54 Å². The molecule has 0 aromatic rings. The van der Waals surface area contributed by atoms with E-state index >= 15 is 0 Å². The number of hydrogen-bond donors (Lipinski definition) is 1. The van der Waals surface area contributed by atoms with Crippen molar-refractivity contribution in [1.82, 2.24) is 5.32 Å². The van der Waals surface area contributed by atoms with Gasteiger partial charge in [-0.25, -0.2) is 9.18 Å². The molecule has 1 amide bonds. The number of carbonyl (C=O) groups is 2. The summed E-state index contributed by atoms with van der Waals surface area (Å²) in [7, 11) is 0. The monoisotopic (exact) mass is 275 g/mol. The minimum atomic E-state index is -1.01. The molecule has 1 fully saturated rings. The Morgan fingerprint density at radius 1 is 1.37 bits per heavy atom. The van der Waals surface area contributed by atoms with Crippen LogP contribution in [0.3, 0.4) is 0 Å². The van der Waals surface area contributed by atoms with Crippen LogP contribution in [0.1, 0.15) is 40.5 Å². The zero-order valence-electron chi connectivity index (χ0n) is 11.9. The summed E-state index contributed by atoms with van der Waals surface area (Å²) < 4.78 is 23.1. The summed E-state index contributed by atoms with van der Waals surface area (Å²) in [5.41, 5.74) is -1.55. The molecule has 0 unspecified atom stereocenters. The highest BCUT2D eigenvalue weighted by Gasteiger charge is 2.52. The minimum absolute atomic E-state index is 0.0428. The van der Waals surface area contributed by atoms with Crippen LogP contribution >= 0.6 is 0 Å². The SMILES string of the molecule is CCOC(=O)C1(CNC(=O)OC(C)(C)C)CC(F)C1. The molecule has 0 aromatic carbocycles. The molecule has 0 aliphatic heterocycles. The first-order valence-electron chi connectivity index (χ1n) is 6.47. The van der Waals surface area contributed by atoms with E-state index in [0.29, 0.717) is 0 Å². The second-order valence-corrected chi connectivity index (χ2v) is 5.86. The van der Waals surface area contributed by atoms with Gasteiger partial charge in [-0.3, -0.25) is 4.79 Å². The van der Waals surface area contributed by atoms with Crippen molar-refractivity contribution in [3.8, 4) is 0 Å². The lowest BCUT2D eigenvalue weighted by Gasteiger charge is -2.41. The van der Waals surface area contributed by atoms with Crippen molar-refractivity contribution < 1.29 is 23.5 Å². The van der Waals surface area contributed by atoms with Gasteiger partial charge >= 0.3 is 12.1 Å². The lowest BCUT2D eigenvalue weighted by atomic mass is 9.67. The number of amides is 1. The van der Waals surface area contributed by atoms with Crippen LogP contribution in [0.2, 0.25) is 0 Å². The van der Waals surface area contributed by atoms with Crippen molar-refractivity contribution in [2.75, 3.05) is 13.2 Å². The van der Waals surface area contributed by atoms with Crippen LogP contribution in [0.4, 0.5) is 9.18 Å². The first-order chi connectivity index (χ1) is 8.68. The van der Waals surface area contributed by atoms with Crippen molar-refractivity contribution in [1.29, 1.82) is 0 Å². The average molecular weight is 275 g/mol. The van der Waals surface area contributed by atoms with Gasteiger partial charge in [-0.2, -0.15) is 0 Å². The predicted octanol–water partition coefficient (Wildman–Crippen LogP) is 2.19. The standard InChI is InChI=1S/C13H22FNO4/c1-5-18-10(16)13(6-9(14)7-13)8-15-11(17)19-12(2,3)4/h9H,5-8H2,1-4H3,(H,15,17). The molecule has 0 saturated heterocycles. The van der Waals surface area contributed by atoms with E-state index in [2.05, 4.69) is 5.32 Å². The maximum Gasteiger partial charge on any atom is 0.407 e. The third kappa shape index (κ3) is 4.36. The smallest absolute Gasteiger partial charge is 0.407 e. The fraction of sp³-hybridized carbons (Fsp3) is 0.846. The molecule has 0 heterocycles. The van der Waals surface area contributed by atoms with E-state index < -0.39 is 29.3 Å². The Bertz CT molecular complexity index is 345. The fourth-order valence-corrected chi connectivity index (χ4v) is 2.01. The predicted molar refractivity (Wildman–Crippen MR) is 67.4 cm³/mol. The maximum atomic E-state index is 13.1. The van der Waals surface area contributed by atoms with E-state index in [1.165, 1.54) is 0 Å². The first kappa shape index (κ1) is 15.7. The lowest BCUT2D eigenvalue weighted by molar-refractivity contribution is -0.165. The number of carbonyl (C=O) groups excluding carboxylic acids is 2. The van der Waals surface area contributed by atoms with Gasteiger partial charge in [0.25, 0.3) is 0 Å². The number of halogens is 1. The number of ether oxygens (including phenoxy) is 2. The van der Waals surface area contributed by atoms with Gasteiger partial charge in [0.15, 0.2) is 0 Å². The number of alkyl halides is 1. The molecule has 1 saturated carbocycles. The van der Waals surface area contributed by atoms with Gasteiger partial charge in [-0.15, -0.1) is 0 Å². The lowest BCUT2D eigenvalue weighted by Crippen LogP contribution is -2.53. The summed E-state index contributed by atoms with van der Waals surface area (Å²) >= 11 is 0. The quantitative estimate of drug-likeness (QED) is 0.799. The Morgan fingerprint density at radius 3 is 2.37 bits per heavy atom. The minimum Gasteiger partial charge on any atom is -0.466 e. The third-order valence-corrected chi connectivity index (χ3v) is 2.90. The van der Waals surface area contributed by atoms with Crippen molar-refractivity contribution in [3.63, 3.8) is 0 Å². The number of alkyl carbamates (subject to hydrolysis) is 1. The summed E-state index contributed by atoms with van der Waals surface area (Å²) in [6, 6.07) is 0. The molecule has 110 valence electrons. The number of hydrogen-bond acceptors (Lipinski definition) is 4. The summed E-state index contributed by atoms with van der Waals surface area (Å²) in [5.74, 6) is -0.458. The van der Waals surface area contributed by atoms with Gasteiger partial charge in [-0.05, 0) is 40.5 Å². The van der Waals surface area contributed by atoms with Gasteiger partial charge in [0.2, 0.25) is 0 Å². The van der Waals surface area contributed by atoms with E-state index in [9.17, 15) is 14.0 Å². The average Bonchev–Trinajstić information content (AvgIpc) is 2.20. The molecule has 0 bridgehead atoms. The molecule has 1 rings (SSSR count). The van der Waals surface area contributed by atoms with Crippen LogP contribution in [0.25, 0.3) is 0 Å². The molecular formula is C13H22FNO4. The normalized spacial score (nSPS) is 26.3. The molecular weight excluding hydrogens is 253 g/mol. The molecule has 1 N–H and O–H groups in total. The Kier molecular flexibility index (Phi) is 4.76. The molecule has 0 radical (unpaired) electrons. The molecule has 19 heavy (non-hydrogen) atoms. The van der Waals surface area contributed by atoms with Crippen molar-refractivity contribution in [2.24, 2.45) is 5.41 Å². The fourth-order valence-electron chi connectivity index (χ4n) is 2.01. The van der Waals surface area contributed by atoms with E-state index in [1.54, 1.807) is 27.7 Å². The zero-order valence-corrected chi connectivity index (χ0v) is 11.9. The number of rotatable bonds is 4. The van der Waals surface area contributed by atoms with Crippen LogP contribution in [0.15, 0.2) is 0 Å². The van der Waals surface area contributed by atoms with Gasteiger partial charge in [0.05, 0.1) is 12.0 Å². The Balaban J connectivity index is 2.52. The van der Waals surface area contributed by atoms with E-state index in [0.717, 1.165) is 0 Å². The third-order valence-electron chi connectivity index (χ3n) is 2.90. The van der Waals surface area contributed by atoms with Crippen LogP contribution < -0.4 is 5.32 Å². The summed E-state index contributed by atoms with van der Waals surface area (Å²) in [6.07, 6.45) is -1.45. The van der Waals surface area contributed by atoms with E-state index in [-0.39, 0.29) is 26.0 Å². The summed E-state index contributed by atoms with van der Waals surface area (Å²) in [5, 5.41) is 2.51. The maximum absolute atomic E-state index is 13.1. The molecule has 1 aliphatic rings. The Labute approximate surface area is 112 Å². The Morgan fingerprint density at radius 2 is 1.95 bits per heavy atom. The topological polar surface area (TPSA) is 64.6 Å². The highest BCUT2D eigenvalue weighted by Crippen LogP contribution is 2.43. The highest BCUT2D eigenvalue weighted by molar-refractivity contribution is 5.79. The van der Waals surface area contributed by atoms with Crippen molar-refractivity contribution in [3.05, 3.63) is 0 Å². The molecule has 0 atom stereocenters. The summed E-state index contributed by atoms with van der Waals surface area (Å²) in [4.78, 5) is 23.3. The highest BCUT2D eigenvalue weighted by atomic mass is 19.1. The second-order valence-electron chi connectivity index (χ2n) is 5.86. The molecule has 5 nitrogen and oxygen atoms in total. The zero-order chi connectivity index (χ0) is 14.7. The van der Waals surface area contributed by atoms with Gasteiger partial charge in [0.1, 0.15) is 11.8 Å². The largest absolute Gasteiger partial charge is 0.466 e. The van der Waals surface area contributed by atoms with Crippen LogP contribution in [0, 0.1) is 5.41 Å². The molecule has 0 spiro atoms. The van der Waals surface area contributed by atoms with Crippen LogP contribution in [-0.4, -0.2) is 37.0 Å². The second kappa shape index (κ2) is 5.75. The molecule has 6 heteroatoms. The van der Waals surface area contributed by atoms with Crippen LogP contribution in [-0.2, 0) is 14.3 Å². The summed E-state index contributed by atoms with van der Waals surface area (Å²) in [6.45, 7) is 7.21. The van der Waals surface area contributed by atoms with Crippen molar-refractivity contribution in [2.45, 2.75) is 52.3 Å². The molecule has 0 aromatic heterocycles. The van der Waals surface area contributed by atoms with E-state index in [4.69, 9.17) is 9.47 Å². The van der Waals surface area contributed by atoms with Gasteiger partial charge in [-0.1, -0.05) is 0 Å². The van der Waals surface area contributed by atoms with E-state index in [1.807, 2.05) is 0 Å². The van der Waals surface area contributed by atoms with Crippen LogP contribution in [0.5, 0.6) is 0 Å². The van der Waals surface area contributed by atoms with Crippen molar-refractivity contribution >= 4 is 12.1 Å². The Hall–Kier alpha value is -1.33.